The molecule has 2 nitrogen and oxygen atoms in total. The van der Waals surface area contributed by atoms with E-state index in [0.29, 0.717) is 0 Å². The summed E-state index contributed by atoms with van der Waals surface area (Å²) in [6, 6.07) is 0. The maximum Gasteiger partial charge on any atom is 0.344 e. The average molecular weight is 285 g/mol. The van der Waals surface area contributed by atoms with Gasteiger partial charge in [-0.25, -0.2) is 0 Å². The SMILES string of the molecule is CCCO[Si](OCC)(C1CCCCC1)C1CCCC1. The van der Waals surface area contributed by atoms with Crippen LogP contribution in [-0.2, 0) is 8.85 Å². The Morgan fingerprint density at radius 1 is 0.789 bits per heavy atom. The lowest BCUT2D eigenvalue weighted by Crippen LogP contribution is -2.51. The molecule has 0 spiro atoms. The molecule has 1 unspecified atom stereocenters. The molecule has 0 bridgehead atoms. The first-order chi connectivity index (χ1) is 9.33. The number of hydrogen-bond donors (Lipinski definition) is 0. The summed E-state index contributed by atoms with van der Waals surface area (Å²) in [6.45, 7) is 6.15. The van der Waals surface area contributed by atoms with Crippen molar-refractivity contribution in [1.29, 1.82) is 0 Å². The van der Waals surface area contributed by atoms with E-state index < -0.39 is 8.56 Å². The van der Waals surface area contributed by atoms with E-state index in [1.807, 2.05) is 0 Å². The van der Waals surface area contributed by atoms with Gasteiger partial charge in [-0.15, -0.1) is 0 Å². The van der Waals surface area contributed by atoms with Gasteiger partial charge in [0.15, 0.2) is 0 Å². The van der Waals surface area contributed by atoms with E-state index in [4.69, 9.17) is 8.85 Å². The van der Waals surface area contributed by atoms with Gasteiger partial charge >= 0.3 is 8.56 Å². The molecule has 0 aromatic rings. The normalized spacial score (nSPS) is 25.6. The standard InChI is InChI=1S/C16H32O2Si/c1-3-14-18-19(17-4-2,16-12-8-9-13-16)15-10-6-5-7-11-15/h15-16H,3-14H2,1-2H3. The van der Waals surface area contributed by atoms with Crippen LogP contribution in [0.1, 0.15) is 78.1 Å². The van der Waals surface area contributed by atoms with Gasteiger partial charge in [-0.2, -0.15) is 0 Å². The summed E-state index contributed by atoms with van der Waals surface area (Å²) < 4.78 is 13.0. The molecule has 3 heteroatoms. The molecular weight excluding hydrogens is 252 g/mol. The van der Waals surface area contributed by atoms with E-state index in [0.717, 1.165) is 30.7 Å². The summed E-state index contributed by atoms with van der Waals surface area (Å²) in [5.41, 5.74) is 1.55. The fourth-order valence-corrected chi connectivity index (χ4v) is 9.26. The van der Waals surface area contributed by atoms with Gasteiger partial charge in [0, 0.05) is 24.3 Å². The van der Waals surface area contributed by atoms with Gasteiger partial charge in [0.25, 0.3) is 0 Å². The molecule has 0 aromatic heterocycles. The Bertz CT molecular complexity index is 247. The van der Waals surface area contributed by atoms with Gasteiger partial charge in [-0.05, 0) is 39.0 Å². The van der Waals surface area contributed by atoms with Crippen molar-refractivity contribution in [2.75, 3.05) is 13.2 Å². The van der Waals surface area contributed by atoms with Crippen LogP contribution < -0.4 is 0 Å². The summed E-state index contributed by atoms with van der Waals surface area (Å²) in [5, 5.41) is 0. The van der Waals surface area contributed by atoms with Crippen LogP contribution in [0.4, 0.5) is 0 Å². The second-order valence-corrected chi connectivity index (χ2v) is 9.97. The van der Waals surface area contributed by atoms with Gasteiger partial charge in [-0.3, -0.25) is 0 Å². The third kappa shape index (κ3) is 3.62. The largest absolute Gasteiger partial charge is 0.394 e. The lowest BCUT2D eigenvalue weighted by Gasteiger charge is -2.43. The highest BCUT2D eigenvalue weighted by Crippen LogP contribution is 2.50. The second kappa shape index (κ2) is 7.80. The third-order valence-electron chi connectivity index (χ3n) is 5.00. The second-order valence-electron chi connectivity index (χ2n) is 6.32. The first-order valence-corrected chi connectivity index (χ1v) is 10.6. The van der Waals surface area contributed by atoms with Gasteiger partial charge < -0.3 is 8.85 Å². The molecule has 0 radical (unpaired) electrons. The molecule has 2 aliphatic rings. The van der Waals surface area contributed by atoms with Crippen molar-refractivity contribution in [2.45, 2.75) is 89.1 Å². The molecule has 0 heterocycles. The van der Waals surface area contributed by atoms with Crippen molar-refractivity contribution in [3.8, 4) is 0 Å². The molecule has 0 amide bonds. The minimum absolute atomic E-state index is 0.774. The lowest BCUT2D eigenvalue weighted by molar-refractivity contribution is 0.146. The third-order valence-corrected chi connectivity index (χ3v) is 9.83. The van der Waals surface area contributed by atoms with Crippen LogP contribution in [0.5, 0.6) is 0 Å². The highest BCUT2D eigenvalue weighted by Gasteiger charge is 2.52. The van der Waals surface area contributed by atoms with Crippen LogP contribution in [0.3, 0.4) is 0 Å². The summed E-state index contributed by atoms with van der Waals surface area (Å²) >= 11 is 0. The first-order valence-electron chi connectivity index (χ1n) is 8.61. The molecule has 112 valence electrons. The van der Waals surface area contributed by atoms with Gasteiger partial charge in [0.2, 0.25) is 0 Å². The molecule has 2 saturated carbocycles. The molecule has 0 aromatic carbocycles. The Hall–Kier alpha value is 0.137. The Morgan fingerprint density at radius 2 is 1.32 bits per heavy atom. The monoisotopic (exact) mass is 284 g/mol. The zero-order valence-corrected chi connectivity index (χ0v) is 14.0. The molecule has 2 fully saturated rings. The molecular formula is C16H32O2Si. The number of hydrogen-bond acceptors (Lipinski definition) is 2. The van der Waals surface area contributed by atoms with Crippen LogP contribution in [-0.4, -0.2) is 21.8 Å². The maximum absolute atomic E-state index is 6.56. The zero-order valence-electron chi connectivity index (χ0n) is 13.0. The van der Waals surface area contributed by atoms with Crippen molar-refractivity contribution < 1.29 is 8.85 Å². The van der Waals surface area contributed by atoms with E-state index in [2.05, 4.69) is 13.8 Å². The Balaban J connectivity index is 2.15. The van der Waals surface area contributed by atoms with Gasteiger partial charge in [-0.1, -0.05) is 39.0 Å². The summed E-state index contributed by atoms with van der Waals surface area (Å²) in [4.78, 5) is 0. The highest BCUT2D eigenvalue weighted by atomic mass is 28.4. The van der Waals surface area contributed by atoms with Crippen molar-refractivity contribution in [1.82, 2.24) is 0 Å². The van der Waals surface area contributed by atoms with Gasteiger partial charge in [0.05, 0.1) is 0 Å². The fourth-order valence-electron chi connectivity index (χ4n) is 4.17. The van der Waals surface area contributed by atoms with E-state index in [1.54, 1.807) is 0 Å². The van der Waals surface area contributed by atoms with E-state index in [1.165, 1.54) is 57.8 Å². The predicted octanol–water partition coefficient (Wildman–Crippen LogP) is 5.17. The van der Waals surface area contributed by atoms with Crippen LogP contribution in [0.2, 0.25) is 11.1 Å². The Labute approximate surface area is 120 Å². The summed E-state index contributed by atoms with van der Waals surface area (Å²) in [5.74, 6) is 0. The van der Waals surface area contributed by atoms with Crippen molar-refractivity contribution in [3.05, 3.63) is 0 Å². The van der Waals surface area contributed by atoms with Crippen LogP contribution >= 0.6 is 0 Å². The van der Waals surface area contributed by atoms with Crippen molar-refractivity contribution >= 4 is 8.56 Å². The van der Waals surface area contributed by atoms with E-state index >= 15 is 0 Å². The quantitative estimate of drug-likeness (QED) is 0.600. The lowest BCUT2D eigenvalue weighted by atomic mass is 10.0. The Morgan fingerprint density at radius 3 is 1.79 bits per heavy atom. The minimum Gasteiger partial charge on any atom is -0.394 e. The van der Waals surface area contributed by atoms with Crippen LogP contribution in [0.25, 0.3) is 0 Å². The Kier molecular flexibility index (Phi) is 6.37. The van der Waals surface area contributed by atoms with Crippen LogP contribution in [0, 0.1) is 0 Å². The molecule has 0 N–H and O–H groups in total. The highest BCUT2D eigenvalue weighted by molar-refractivity contribution is 6.70. The average Bonchev–Trinajstić information content (AvgIpc) is 2.99. The summed E-state index contributed by atoms with van der Waals surface area (Å²) in [7, 11) is -1.98. The first kappa shape index (κ1) is 15.5. The molecule has 2 rings (SSSR count). The maximum atomic E-state index is 6.56. The summed E-state index contributed by atoms with van der Waals surface area (Å²) in [6.07, 6.45) is 13.6. The van der Waals surface area contributed by atoms with Gasteiger partial charge in [0.1, 0.15) is 0 Å². The predicted molar refractivity (Wildman–Crippen MR) is 82.7 cm³/mol. The topological polar surface area (TPSA) is 18.5 Å². The molecule has 2 aliphatic carbocycles. The van der Waals surface area contributed by atoms with E-state index in [9.17, 15) is 0 Å². The zero-order chi connectivity index (χ0) is 13.6. The molecule has 0 aliphatic heterocycles. The van der Waals surface area contributed by atoms with Crippen LogP contribution in [0.15, 0.2) is 0 Å². The minimum atomic E-state index is -1.98. The smallest absolute Gasteiger partial charge is 0.344 e. The molecule has 0 saturated heterocycles. The number of rotatable bonds is 7. The molecule has 1 atom stereocenters. The van der Waals surface area contributed by atoms with Crippen molar-refractivity contribution in [3.63, 3.8) is 0 Å². The molecule has 19 heavy (non-hydrogen) atoms. The fraction of sp³-hybridized carbons (Fsp3) is 1.00. The van der Waals surface area contributed by atoms with Crippen molar-refractivity contribution in [2.24, 2.45) is 0 Å². The van der Waals surface area contributed by atoms with E-state index in [-0.39, 0.29) is 0 Å².